The Morgan fingerprint density at radius 1 is 0.469 bits per heavy atom. The van der Waals surface area contributed by atoms with Gasteiger partial charge in [0.1, 0.15) is 6.61 Å². The van der Waals surface area contributed by atoms with E-state index in [-0.39, 0.29) is 0 Å². The van der Waals surface area contributed by atoms with Crippen LogP contribution >= 0.6 is 0 Å². The summed E-state index contributed by atoms with van der Waals surface area (Å²) in [6.45, 7) is -1.73. The van der Waals surface area contributed by atoms with Crippen molar-refractivity contribution < 1.29 is 18.3 Å². The van der Waals surface area contributed by atoms with Crippen molar-refractivity contribution in [3.63, 3.8) is 0 Å². The Balaban J connectivity index is 0.000000427. The van der Waals surface area contributed by atoms with Crippen LogP contribution in [0.15, 0.2) is 121 Å². The fraction of sp³-hybridized carbons (Fsp3) is 0.0714. The molecule has 0 saturated carbocycles. The third-order valence-corrected chi connectivity index (χ3v) is 4.68. The molecule has 1 nitrogen and oxygen atoms in total. The van der Waals surface area contributed by atoms with Gasteiger partial charge in [0.25, 0.3) is 0 Å². The molecule has 4 rings (SSSR count). The van der Waals surface area contributed by atoms with Crippen LogP contribution in [0.2, 0.25) is 0 Å². The van der Waals surface area contributed by atoms with Crippen LogP contribution < -0.4 is 0 Å². The van der Waals surface area contributed by atoms with E-state index in [9.17, 15) is 13.2 Å². The maximum Gasteiger partial charge on any atom is 0.411 e. The predicted molar refractivity (Wildman–Crippen MR) is 124 cm³/mol. The van der Waals surface area contributed by atoms with E-state index in [0.29, 0.717) is 0 Å². The molecule has 0 unspecified atom stereocenters. The van der Waals surface area contributed by atoms with E-state index in [0.717, 1.165) is 0 Å². The summed E-state index contributed by atoms with van der Waals surface area (Å²) in [5.41, 5.74) is 7.40. The normalized spacial score (nSPS) is 10.6. The van der Waals surface area contributed by atoms with Crippen molar-refractivity contribution in [3.05, 3.63) is 144 Å². The van der Waals surface area contributed by atoms with Gasteiger partial charge in [-0.2, -0.15) is 13.2 Å². The van der Waals surface area contributed by atoms with Crippen LogP contribution in [-0.2, 0) is 0 Å². The Morgan fingerprint density at radius 2 is 0.656 bits per heavy atom. The van der Waals surface area contributed by atoms with Gasteiger partial charge in [-0.05, 0) is 33.4 Å². The average Bonchev–Trinajstić information content (AvgIpc) is 2.84. The minimum atomic E-state index is -4.40. The Morgan fingerprint density at radius 3 is 0.812 bits per heavy atom. The average molecular weight is 432 g/mol. The van der Waals surface area contributed by atoms with Crippen LogP contribution in [0, 0.1) is 0 Å². The SMILES string of the molecule is OCC(F)(F)F.c1ccc(C(=C(c2ccccc2)c2ccccc2)c2ccccc2)cc1. The van der Waals surface area contributed by atoms with E-state index in [1.807, 2.05) is 0 Å². The van der Waals surface area contributed by atoms with Crippen molar-refractivity contribution in [3.8, 4) is 0 Å². The fourth-order valence-electron chi connectivity index (χ4n) is 3.33. The summed E-state index contributed by atoms with van der Waals surface area (Å²) in [5, 5.41) is 7.28. The van der Waals surface area contributed by atoms with Crippen LogP contribution in [0.3, 0.4) is 0 Å². The summed E-state index contributed by atoms with van der Waals surface area (Å²) in [5.74, 6) is 0. The van der Waals surface area contributed by atoms with Crippen molar-refractivity contribution in [2.45, 2.75) is 6.18 Å². The zero-order chi connectivity index (χ0) is 22.8. The quantitative estimate of drug-likeness (QED) is 0.337. The third-order valence-electron chi connectivity index (χ3n) is 4.68. The molecule has 0 radical (unpaired) electrons. The number of alkyl halides is 3. The molecule has 0 aliphatic carbocycles. The molecule has 0 saturated heterocycles. The van der Waals surface area contributed by atoms with Gasteiger partial charge in [0, 0.05) is 0 Å². The fourth-order valence-corrected chi connectivity index (χ4v) is 3.33. The molecule has 0 heterocycles. The first-order valence-electron chi connectivity index (χ1n) is 10.1. The smallest absolute Gasteiger partial charge is 0.387 e. The predicted octanol–water partition coefficient (Wildman–Crippen LogP) is 7.24. The lowest BCUT2D eigenvalue weighted by Crippen LogP contribution is -2.12. The van der Waals surface area contributed by atoms with Gasteiger partial charge in [-0.1, -0.05) is 121 Å². The van der Waals surface area contributed by atoms with Crippen molar-refractivity contribution >= 4 is 11.1 Å². The second-order valence-corrected chi connectivity index (χ2v) is 6.99. The zero-order valence-corrected chi connectivity index (χ0v) is 17.3. The molecular formula is C28H23F3O. The summed E-state index contributed by atoms with van der Waals surface area (Å²) in [6.07, 6.45) is -4.40. The molecule has 162 valence electrons. The van der Waals surface area contributed by atoms with Crippen LogP contribution in [0.5, 0.6) is 0 Å². The third kappa shape index (κ3) is 6.43. The summed E-state index contributed by atoms with van der Waals surface area (Å²) >= 11 is 0. The number of hydrogen-bond acceptors (Lipinski definition) is 1. The minimum absolute atomic E-state index is 1.22. The highest BCUT2D eigenvalue weighted by Crippen LogP contribution is 2.36. The zero-order valence-electron chi connectivity index (χ0n) is 17.3. The highest BCUT2D eigenvalue weighted by molar-refractivity contribution is 6.04. The van der Waals surface area contributed by atoms with E-state index < -0.39 is 12.8 Å². The molecule has 4 heteroatoms. The second-order valence-electron chi connectivity index (χ2n) is 6.99. The number of rotatable bonds is 4. The van der Waals surface area contributed by atoms with Crippen molar-refractivity contribution in [2.24, 2.45) is 0 Å². The minimum Gasteiger partial charge on any atom is -0.387 e. The van der Waals surface area contributed by atoms with E-state index in [1.165, 1.54) is 33.4 Å². The van der Waals surface area contributed by atoms with Gasteiger partial charge in [-0.3, -0.25) is 0 Å². The number of benzene rings is 4. The Labute approximate surface area is 186 Å². The summed E-state index contributed by atoms with van der Waals surface area (Å²) in [7, 11) is 0. The molecule has 4 aromatic rings. The lowest BCUT2D eigenvalue weighted by Gasteiger charge is -2.18. The Hall–Kier alpha value is -3.63. The molecule has 0 atom stereocenters. The van der Waals surface area contributed by atoms with E-state index in [1.54, 1.807) is 0 Å². The molecule has 0 amide bonds. The number of aliphatic hydroxyl groups excluding tert-OH is 1. The van der Waals surface area contributed by atoms with Gasteiger partial charge in [0.05, 0.1) is 0 Å². The standard InChI is InChI=1S/C26H20.C2H3F3O/c1-5-13-21(14-6-1)25(22-15-7-2-8-16-22)26(23-17-9-3-10-18-23)24-19-11-4-12-20-24;3-2(4,5)1-6/h1-20H;6H,1H2. The lowest BCUT2D eigenvalue weighted by molar-refractivity contribution is -0.159. The highest BCUT2D eigenvalue weighted by atomic mass is 19.4. The van der Waals surface area contributed by atoms with Gasteiger partial charge in [0.15, 0.2) is 0 Å². The summed E-state index contributed by atoms with van der Waals surface area (Å²) in [4.78, 5) is 0. The molecule has 1 N–H and O–H groups in total. The largest absolute Gasteiger partial charge is 0.411 e. The number of aliphatic hydroxyl groups is 1. The molecular weight excluding hydrogens is 409 g/mol. The number of halogens is 3. The number of hydrogen-bond donors (Lipinski definition) is 1. The molecule has 0 bridgehead atoms. The van der Waals surface area contributed by atoms with E-state index in [2.05, 4.69) is 121 Å². The van der Waals surface area contributed by atoms with Crippen LogP contribution in [0.25, 0.3) is 11.1 Å². The molecule has 0 spiro atoms. The van der Waals surface area contributed by atoms with E-state index in [4.69, 9.17) is 5.11 Å². The lowest BCUT2D eigenvalue weighted by atomic mass is 9.86. The first-order valence-corrected chi connectivity index (χ1v) is 10.1. The monoisotopic (exact) mass is 432 g/mol. The first kappa shape index (κ1) is 23.0. The summed E-state index contributed by atoms with van der Waals surface area (Å²) < 4.78 is 31.6. The molecule has 0 aromatic heterocycles. The van der Waals surface area contributed by atoms with Gasteiger partial charge in [0.2, 0.25) is 0 Å². The molecule has 0 aliphatic heterocycles. The van der Waals surface area contributed by atoms with Crippen LogP contribution in [0.1, 0.15) is 22.3 Å². The van der Waals surface area contributed by atoms with Gasteiger partial charge < -0.3 is 5.11 Å². The van der Waals surface area contributed by atoms with Crippen LogP contribution in [-0.4, -0.2) is 17.9 Å². The van der Waals surface area contributed by atoms with Crippen LogP contribution in [0.4, 0.5) is 13.2 Å². The van der Waals surface area contributed by atoms with Crippen molar-refractivity contribution in [1.82, 2.24) is 0 Å². The maximum absolute atomic E-state index is 10.5. The summed E-state index contributed by atoms with van der Waals surface area (Å²) in [6, 6.07) is 42.6. The Kier molecular flexibility index (Phi) is 8.01. The van der Waals surface area contributed by atoms with Gasteiger partial charge in [-0.25, -0.2) is 0 Å². The second kappa shape index (κ2) is 11.1. The van der Waals surface area contributed by atoms with Gasteiger partial charge in [-0.15, -0.1) is 0 Å². The first-order chi connectivity index (χ1) is 15.5. The highest BCUT2D eigenvalue weighted by Gasteiger charge is 2.24. The molecule has 0 fully saturated rings. The molecule has 4 aromatic carbocycles. The molecule has 0 aliphatic rings. The maximum atomic E-state index is 10.5. The van der Waals surface area contributed by atoms with Gasteiger partial charge >= 0.3 is 6.18 Å². The molecule has 32 heavy (non-hydrogen) atoms. The Bertz CT molecular complexity index is 937. The topological polar surface area (TPSA) is 20.2 Å². The van der Waals surface area contributed by atoms with Crippen molar-refractivity contribution in [2.75, 3.05) is 6.61 Å². The van der Waals surface area contributed by atoms with E-state index >= 15 is 0 Å². The van der Waals surface area contributed by atoms with Crippen molar-refractivity contribution in [1.29, 1.82) is 0 Å².